The van der Waals surface area contributed by atoms with Gasteiger partial charge in [0.25, 0.3) is 0 Å². The highest BCUT2D eigenvalue weighted by Gasteiger charge is 2.47. The van der Waals surface area contributed by atoms with Crippen LogP contribution in [0.4, 0.5) is 0 Å². The minimum atomic E-state index is -0.206. The molecule has 0 aromatic carbocycles. The molecule has 0 spiro atoms. The smallest absolute Gasteiger partial charge is 0.219 e. The van der Waals surface area contributed by atoms with Crippen LogP contribution in [-0.2, 0) is 4.79 Å². The van der Waals surface area contributed by atoms with Crippen molar-refractivity contribution in [1.82, 2.24) is 5.32 Å². The summed E-state index contributed by atoms with van der Waals surface area (Å²) in [5, 5.41) is 3.36. The Morgan fingerprint density at radius 3 is 1.88 bits per heavy atom. The molecule has 0 radical (unpaired) electrons. The van der Waals surface area contributed by atoms with Gasteiger partial charge in [-0.3, -0.25) is 4.79 Å². The topological polar surface area (TPSA) is 55.1 Å². The molecule has 0 aromatic heterocycles. The Balaban J connectivity index is 2.96. The van der Waals surface area contributed by atoms with Crippen molar-refractivity contribution in [2.24, 2.45) is 16.6 Å². The summed E-state index contributed by atoms with van der Waals surface area (Å²) in [5.74, 6) is -0.206. The fourth-order valence-electron chi connectivity index (χ4n) is 4.04. The Kier molecular flexibility index (Phi) is 3.39. The SMILES string of the molecule is CNC1(CC(N)=O)CC(C)(C)CC(C)(C)C1. The molecule has 1 fully saturated rings. The monoisotopic (exact) mass is 226 g/mol. The number of nitrogens with two attached hydrogens (primary N) is 1. The van der Waals surface area contributed by atoms with Crippen molar-refractivity contribution in [2.45, 2.75) is 58.9 Å². The molecule has 3 N–H and O–H groups in total. The molecule has 3 nitrogen and oxygen atoms in total. The number of carbonyl (C=O) groups is 1. The van der Waals surface area contributed by atoms with Gasteiger partial charge < -0.3 is 11.1 Å². The summed E-state index contributed by atoms with van der Waals surface area (Å²) in [6, 6.07) is 0. The second kappa shape index (κ2) is 4.02. The maximum absolute atomic E-state index is 11.2. The Morgan fingerprint density at radius 1 is 1.12 bits per heavy atom. The Morgan fingerprint density at radius 2 is 1.56 bits per heavy atom. The van der Waals surface area contributed by atoms with Crippen LogP contribution in [-0.4, -0.2) is 18.5 Å². The zero-order valence-electron chi connectivity index (χ0n) is 11.3. The highest BCUT2D eigenvalue weighted by Crippen LogP contribution is 2.50. The lowest BCUT2D eigenvalue weighted by Crippen LogP contribution is -2.55. The second-order valence-corrected chi connectivity index (χ2v) is 7.03. The predicted molar refractivity (Wildman–Crippen MR) is 67.0 cm³/mol. The van der Waals surface area contributed by atoms with Gasteiger partial charge >= 0.3 is 0 Å². The number of rotatable bonds is 3. The molecule has 1 rings (SSSR count). The molecule has 0 atom stereocenters. The molecule has 94 valence electrons. The van der Waals surface area contributed by atoms with Crippen LogP contribution in [0.2, 0.25) is 0 Å². The van der Waals surface area contributed by atoms with Crippen molar-refractivity contribution in [3.8, 4) is 0 Å². The Labute approximate surface area is 99.2 Å². The third kappa shape index (κ3) is 3.21. The van der Waals surface area contributed by atoms with E-state index in [1.54, 1.807) is 0 Å². The van der Waals surface area contributed by atoms with Gasteiger partial charge in [0.1, 0.15) is 0 Å². The maximum atomic E-state index is 11.2. The zero-order valence-corrected chi connectivity index (χ0v) is 11.3. The molecule has 1 aliphatic carbocycles. The summed E-state index contributed by atoms with van der Waals surface area (Å²) in [7, 11) is 1.94. The average Bonchev–Trinajstić information content (AvgIpc) is 1.96. The molecular formula is C13H26N2O. The fourth-order valence-corrected chi connectivity index (χ4v) is 4.04. The summed E-state index contributed by atoms with van der Waals surface area (Å²) < 4.78 is 0. The van der Waals surface area contributed by atoms with Gasteiger partial charge in [-0.25, -0.2) is 0 Å². The van der Waals surface area contributed by atoms with E-state index in [0.29, 0.717) is 6.42 Å². The van der Waals surface area contributed by atoms with Crippen molar-refractivity contribution in [2.75, 3.05) is 7.05 Å². The van der Waals surface area contributed by atoms with Gasteiger partial charge in [-0.05, 0) is 37.1 Å². The van der Waals surface area contributed by atoms with Crippen LogP contribution in [0, 0.1) is 10.8 Å². The lowest BCUT2D eigenvalue weighted by Gasteiger charge is -2.51. The molecule has 0 aliphatic heterocycles. The Bertz CT molecular complexity index is 266. The van der Waals surface area contributed by atoms with E-state index < -0.39 is 0 Å². The lowest BCUT2D eigenvalue weighted by molar-refractivity contribution is -0.120. The van der Waals surface area contributed by atoms with Crippen molar-refractivity contribution in [1.29, 1.82) is 0 Å². The second-order valence-electron chi connectivity index (χ2n) is 7.03. The zero-order chi connectivity index (χ0) is 12.6. The minimum Gasteiger partial charge on any atom is -0.370 e. The number of carbonyl (C=O) groups excluding carboxylic acids is 1. The van der Waals surface area contributed by atoms with Crippen LogP contribution in [0.3, 0.4) is 0 Å². The first-order valence-corrected chi connectivity index (χ1v) is 6.07. The van der Waals surface area contributed by atoms with E-state index in [9.17, 15) is 4.79 Å². The van der Waals surface area contributed by atoms with Crippen molar-refractivity contribution >= 4 is 5.91 Å². The number of amides is 1. The van der Waals surface area contributed by atoms with Gasteiger partial charge in [0.05, 0.1) is 0 Å². The van der Waals surface area contributed by atoms with E-state index in [-0.39, 0.29) is 22.3 Å². The van der Waals surface area contributed by atoms with Crippen molar-refractivity contribution in [3.05, 3.63) is 0 Å². The quantitative estimate of drug-likeness (QED) is 0.774. The van der Waals surface area contributed by atoms with Gasteiger partial charge in [0, 0.05) is 12.0 Å². The largest absolute Gasteiger partial charge is 0.370 e. The molecule has 1 amide bonds. The molecule has 0 saturated heterocycles. The number of primary amides is 1. The molecule has 0 aromatic rings. The standard InChI is InChI=1S/C13H26N2O/c1-11(2)7-12(3,4)9-13(8-11,15-5)6-10(14)16/h15H,6-9H2,1-5H3,(H2,14,16). The van der Waals surface area contributed by atoms with E-state index in [4.69, 9.17) is 5.73 Å². The molecule has 1 aliphatic rings. The summed E-state index contributed by atoms with van der Waals surface area (Å²) in [4.78, 5) is 11.2. The fraction of sp³-hybridized carbons (Fsp3) is 0.923. The van der Waals surface area contributed by atoms with E-state index in [0.717, 1.165) is 12.8 Å². The van der Waals surface area contributed by atoms with Gasteiger partial charge in [0.15, 0.2) is 0 Å². The molecule has 0 unspecified atom stereocenters. The van der Waals surface area contributed by atoms with Crippen molar-refractivity contribution in [3.63, 3.8) is 0 Å². The first kappa shape index (κ1) is 13.5. The van der Waals surface area contributed by atoms with Gasteiger partial charge in [0.2, 0.25) is 5.91 Å². The number of hydrogen-bond donors (Lipinski definition) is 2. The molecule has 0 heterocycles. The van der Waals surface area contributed by atoms with Crippen LogP contribution < -0.4 is 11.1 Å². The highest BCUT2D eigenvalue weighted by molar-refractivity contribution is 5.75. The third-order valence-electron chi connectivity index (χ3n) is 3.63. The minimum absolute atomic E-state index is 0.114. The summed E-state index contributed by atoms with van der Waals surface area (Å²) in [6.45, 7) is 9.12. The first-order valence-electron chi connectivity index (χ1n) is 6.07. The van der Waals surface area contributed by atoms with E-state index in [1.807, 2.05) is 7.05 Å². The van der Waals surface area contributed by atoms with Gasteiger partial charge in [-0.2, -0.15) is 0 Å². The van der Waals surface area contributed by atoms with E-state index in [1.165, 1.54) is 6.42 Å². The summed E-state index contributed by atoms with van der Waals surface area (Å²) in [6.07, 6.45) is 3.67. The first-order chi connectivity index (χ1) is 7.10. The molecule has 16 heavy (non-hydrogen) atoms. The lowest BCUT2D eigenvalue weighted by atomic mass is 9.57. The van der Waals surface area contributed by atoms with Crippen LogP contribution in [0.25, 0.3) is 0 Å². The summed E-state index contributed by atoms with van der Waals surface area (Å²) >= 11 is 0. The summed E-state index contributed by atoms with van der Waals surface area (Å²) in [5.41, 5.74) is 5.80. The molecular weight excluding hydrogens is 200 g/mol. The number of nitrogens with one attached hydrogen (secondary N) is 1. The molecule has 0 bridgehead atoms. The van der Waals surface area contributed by atoms with Crippen LogP contribution >= 0.6 is 0 Å². The van der Waals surface area contributed by atoms with E-state index >= 15 is 0 Å². The molecule has 3 heteroatoms. The molecule has 1 saturated carbocycles. The van der Waals surface area contributed by atoms with Crippen LogP contribution in [0.1, 0.15) is 53.4 Å². The van der Waals surface area contributed by atoms with Crippen LogP contribution in [0.5, 0.6) is 0 Å². The predicted octanol–water partition coefficient (Wildman–Crippen LogP) is 2.06. The average molecular weight is 226 g/mol. The van der Waals surface area contributed by atoms with Crippen molar-refractivity contribution < 1.29 is 4.79 Å². The van der Waals surface area contributed by atoms with Crippen LogP contribution in [0.15, 0.2) is 0 Å². The highest BCUT2D eigenvalue weighted by atomic mass is 16.1. The maximum Gasteiger partial charge on any atom is 0.219 e. The normalized spacial score (nSPS) is 26.3. The Hall–Kier alpha value is -0.570. The van der Waals surface area contributed by atoms with Gasteiger partial charge in [-0.1, -0.05) is 27.7 Å². The van der Waals surface area contributed by atoms with E-state index in [2.05, 4.69) is 33.0 Å². The third-order valence-corrected chi connectivity index (χ3v) is 3.63. The van der Waals surface area contributed by atoms with Gasteiger partial charge in [-0.15, -0.1) is 0 Å². The number of hydrogen-bond acceptors (Lipinski definition) is 2.